The van der Waals surface area contributed by atoms with E-state index in [2.05, 4.69) is 11.4 Å². The lowest BCUT2D eigenvalue weighted by atomic mass is 9.76. The van der Waals surface area contributed by atoms with Crippen molar-refractivity contribution >= 4 is 11.4 Å². The number of ether oxygens (including phenoxy) is 1. The van der Waals surface area contributed by atoms with E-state index >= 15 is 0 Å². The van der Waals surface area contributed by atoms with Gasteiger partial charge in [-0.25, -0.2) is 0 Å². The van der Waals surface area contributed by atoms with E-state index in [4.69, 9.17) is 4.74 Å². The molecule has 1 aliphatic carbocycles. The van der Waals surface area contributed by atoms with Gasteiger partial charge in [-0.3, -0.25) is 10.1 Å². The van der Waals surface area contributed by atoms with E-state index in [1.807, 2.05) is 37.3 Å². The van der Waals surface area contributed by atoms with Crippen molar-refractivity contribution in [3.8, 4) is 11.5 Å². The van der Waals surface area contributed by atoms with E-state index in [0.29, 0.717) is 17.9 Å². The zero-order chi connectivity index (χ0) is 18.3. The smallest absolute Gasteiger partial charge is 0.275 e. The average molecular weight is 352 g/mol. The summed E-state index contributed by atoms with van der Waals surface area (Å²) in [6, 6.07) is 10.6. The van der Waals surface area contributed by atoms with Crippen molar-refractivity contribution in [1.29, 1.82) is 0 Å². The summed E-state index contributed by atoms with van der Waals surface area (Å²) in [6.45, 7) is 2.55. The molecule has 0 fully saturated rings. The van der Waals surface area contributed by atoms with Crippen LogP contribution in [0.15, 0.2) is 48.6 Å². The minimum absolute atomic E-state index is 0.0360. The fourth-order valence-corrected chi connectivity index (χ4v) is 4.10. The van der Waals surface area contributed by atoms with Crippen molar-refractivity contribution in [2.24, 2.45) is 5.92 Å². The van der Waals surface area contributed by atoms with Crippen molar-refractivity contribution in [2.45, 2.75) is 25.3 Å². The van der Waals surface area contributed by atoms with E-state index in [9.17, 15) is 15.2 Å². The normalized spacial score (nSPS) is 23.0. The molecule has 0 saturated heterocycles. The second-order valence-corrected chi connectivity index (χ2v) is 6.63. The Hall–Kier alpha value is -3.02. The zero-order valence-corrected chi connectivity index (χ0v) is 14.4. The molecule has 2 aromatic carbocycles. The summed E-state index contributed by atoms with van der Waals surface area (Å²) in [5, 5.41) is 25.2. The Morgan fingerprint density at radius 3 is 2.73 bits per heavy atom. The summed E-state index contributed by atoms with van der Waals surface area (Å²) in [4.78, 5) is 11.1. The quantitative estimate of drug-likeness (QED) is 0.366. The summed E-state index contributed by atoms with van der Waals surface area (Å²) in [5.41, 5.74) is 2.17. The van der Waals surface area contributed by atoms with Crippen LogP contribution in [-0.4, -0.2) is 16.6 Å². The lowest BCUT2D eigenvalue weighted by Crippen LogP contribution is -2.29. The first-order valence-electron chi connectivity index (χ1n) is 8.76. The highest BCUT2D eigenvalue weighted by atomic mass is 16.6. The van der Waals surface area contributed by atoms with E-state index in [0.717, 1.165) is 17.7 Å². The molecular formula is C20H20N2O4. The van der Waals surface area contributed by atoms with Gasteiger partial charge in [0.1, 0.15) is 11.5 Å². The topological polar surface area (TPSA) is 84.6 Å². The van der Waals surface area contributed by atoms with Crippen LogP contribution in [0.25, 0.3) is 0 Å². The molecule has 3 atom stereocenters. The Morgan fingerprint density at radius 2 is 2.04 bits per heavy atom. The van der Waals surface area contributed by atoms with Crippen molar-refractivity contribution in [2.75, 3.05) is 11.9 Å². The number of benzene rings is 2. The number of hydrogen-bond acceptors (Lipinski definition) is 5. The van der Waals surface area contributed by atoms with Gasteiger partial charge in [-0.15, -0.1) is 0 Å². The largest absolute Gasteiger partial charge is 0.506 e. The predicted molar refractivity (Wildman–Crippen MR) is 98.7 cm³/mol. The highest BCUT2D eigenvalue weighted by Crippen LogP contribution is 2.54. The number of rotatable bonds is 4. The van der Waals surface area contributed by atoms with Gasteiger partial charge in [0.25, 0.3) is 5.69 Å². The first-order valence-corrected chi connectivity index (χ1v) is 8.76. The van der Waals surface area contributed by atoms with Gasteiger partial charge in [0.05, 0.1) is 28.8 Å². The van der Waals surface area contributed by atoms with Crippen LogP contribution in [0.1, 0.15) is 36.4 Å². The number of anilines is 1. The fraction of sp³-hybridized carbons (Fsp3) is 0.300. The maximum Gasteiger partial charge on any atom is 0.275 e. The summed E-state index contributed by atoms with van der Waals surface area (Å²) >= 11 is 0. The molecule has 0 saturated carbocycles. The van der Waals surface area contributed by atoms with Crippen molar-refractivity contribution in [1.82, 2.24) is 0 Å². The highest BCUT2D eigenvalue weighted by Gasteiger charge is 2.42. The molecular weight excluding hydrogens is 332 g/mol. The second-order valence-electron chi connectivity index (χ2n) is 6.63. The van der Waals surface area contributed by atoms with Gasteiger partial charge in [0, 0.05) is 12.0 Å². The molecule has 1 aliphatic heterocycles. The number of phenols is 1. The summed E-state index contributed by atoms with van der Waals surface area (Å²) in [6.07, 6.45) is 4.93. The molecule has 2 aliphatic rings. The third-order valence-electron chi connectivity index (χ3n) is 5.22. The second kappa shape index (κ2) is 6.37. The molecule has 6 heteroatoms. The Balaban J connectivity index is 1.77. The van der Waals surface area contributed by atoms with Gasteiger partial charge in [-0.2, -0.15) is 0 Å². The maximum atomic E-state index is 11.5. The van der Waals surface area contributed by atoms with Gasteiger partial charge >= 0.3 is 0 Å². The van der Waals surface area contributed by atoms with Crippen LogP contribution >= 0.6 is 0 Å². The minimum Gasteiger partial charge on any atom is -0.506 e. The molecule has 0 bridgehead atoms. The number of aromatic hydroxyl groups is 1. The van der Waals surface area contributed by atoms with Crippen LogP contribution in [0.2, 0.25) is 0 Å². The maximum absolute atomic E-state index is 11.5. The van der Waals surface area contributed by atoms with Crippen LogP contribution in [0.4, 0.5) is 11.4 Å². The van der Waals surface area contributed by atoms with E-state index < -0.39 is 0 Å². The highest BCUT2D eigenvalue weighted by molar-refractivity contribution is 5.73. The molecule has 3 unspecified atom stereocenters. The number of nitro benzene ring substituents is 1. The molecule has 0 amide bonds. The summed E-state index contributed by atoms with van der Waals surface area (Å²) < 4.78 is 5.50. The standard InChI is InChI=1S/C20H20N2O4/c1-2-26-13-8-6-12(7-9-13)19-15-5-3-4-14(15)18-16(22(24)25)10-11-17(23)20(18)21-19/h3-4,6-11,14-15,19,21,23H,2,5H2,1H3. The number of nitrogens with zero attached hydrogens (tertiary/aromatic N) is 1. The van der Waals surface area contributed by atoms with Gasteiger partial charge in [0.2, 0.25) is 0 Å². The van der Waals surface area contributed by atoms with Gasteiger partial charge in [0.15, 0.2) is 0 Å². The number of nitro groups is 1. The number of nitrogens with one attached hydrogen (secondary N) is 1. The molecule has 0 aromatic heterocycles. The van der Waals surface area contributed by atoms with Crippen LogP contribution in [0.5, 0.6) is 11.5 Å². The van der Waals surface area contributed by atoms with Crippen LogP contribution in [-0.2, 0) is 0 Å². The molecule has 134 valence electrons. The van der Waals surface area contributed by atoms with Gasteiger partial charge < -0.3 is 15.2 Å². The van der Waals surface area contributed by atoms with E-state index in [-0.39, 0.29) is 34.2 Å². The predicted octanol–water partition coefficient (Wildman–Crippen LogP) is 4.53. The molecule has 1 heterocycles. The monoisotopic (exact) mass is 352 g/mol. The van der Waals surface area contributed by atoms with Crippen molar-refractivity contribution in [3.05, 3.63) is 69.8 Å². The van der Waals surface area contributed by atoms with Crippen LogP contribution in [0.3, 0.4) is 0 Å². The SMILES string of the molecule is CCOc1ccc(C2Nc3c(O)ccc([N+](=O)[O-])c3C3C=CCC32)cc1. The van der Waals surface area contributed by atoms with E-state index in [1.165, 1.54) is 12.1 Å². The number of hydrogen-bond donors (Lipinski definition) is 2. The third kappa shape index (κ3) is 2.58. The lowest BCUT2D eigenvalue weighted by Gasteiger charge is -2.37. The molecule has 2 aromatic rings. The first kappa shape index (κ1) is 16.4. The Bertz CT molecular complexity index is 876. The minimum atomic E-state index is -0.375. The molecule has 0 spiro atoms. The molecule has 2 N–H and O–H groups in total. The average Bonchev–Trinajstić information content (AvgIpc) is 3.12. The lowest BCUT2D eigenvalue weighted by molar-refractivity contribution is -0.385. The van der Waals surface area contributed by atoms with E-state index in [1.54, 1.807) is 0 Å². The van der Waals surface area contributed by atoms with Crippen molar-refractivity contribution in [3.63, 3.8) is 0 Å². The fourth-order valence-electron chi connectivity index (χ4n) is 4.10. The number of phenolic OH excluding ortho intramolecular Hbond substituents is 1. The Labute approximate surface area is 151 Å². The van der Waals surface area contributed by atoms with Gasteiger partial charge in [-0.1, -0.05) is 24.3 Å². The molecule has 26 heavy (non-hydrogen) atoms. The molecule has 4 rings (SSSR count). The molecule has 0 radical (unpaired) electrons. The Kier molecular flexibility index (Phi) is 4.03. The van der Waals surface area contributed by atoms with Crippen molar-refractivity contribution < 1.29 is 14.8 Å². The van der Waals surface area contributed by atoms with Crippen LogP contribution < -0.4 is 10.1 Å². The van der Waals surface area contributed by atoms with Crippen LogP contribution in [0, 0.1) is 16.0 Å². The summed E-state index contributed by atoms with van der Waals surface area (Å²) in [5.74, 6) is 0.934. The first-order chi connectivity index (χ1) is 12.6. The number of allylic oxidation sites excluding steroid dienone is 2. The third-order valence-corrected chi connectivity index (χ3v) is 5.22. The molecule has 6 nitrogen and oxygen atoms in total. The zero-order valence-electron chi connectivity index (χ0n) is 14.4. The Morgan fingerprint density at radius 1 is 1.27 bits per heavy atom. The summed E-state index contributed by atoms with van der Waals surface area (Å²) in [7, 11) is 0. The van der Waals surface area contributed by atoms with Gasteiger partial charge in [-0.05, 0) is 43.0 Å². The number of fused-ring (bicyclic) bond motifs is 3.